The molecule has 0 aliphatic heterocycles. The van der Waals surface area contributed by atoms with Crippen LogP contribution in [0.3, 0.4) is 0 Å². The molecular formula is C13H16N4O3. The molecule has 2 rings (SSSR count). The molecule has 7 nitrogen and oxygen atoms in total. The summed E-state index contributed by atoms with van der Waals surface area (Å²) in [5, 5.41) is 5.10. The van der Waals surface area contributed by atoms with E-state index in [2.05, 4.69) is 15.6 Å². The van der Waals surface area contributed by atoms with Crippen molar-refractivity contribution in [2.45, 2.75) is 19.9 Å². The molecule has 0 aromatic carbocycles. The number of aromatic nitrogens is 2. The Morgan fingerprint density at radius 2 is 2.20 bits per heavy atom. The van der Waals surface area contributed by atoms with Gasteiger partial charge in [-0.05, 0) is 26.0 Å². The van der Waals surface area contributed by atoms with E-state index in [0.717, 1.165) is 5.76 Å². The van der Waals surface area contributed by atoms with Crippen LogP contribution in [-0.4, -0.2) is 15.6 Å². The zero-order valence-corrected chi connectivity index (χ0v) is 11.5. The first-order chi connectivity index (χ1) is 9.47. The standard InChI is InChI=1S/C13H16N4O3/c1-8-4-5-10(20-8)9(2)15-13(19)16-11-12(18)17(3)7-6-14-11/h4-7,9H,1-3H3,(H2,14,15,16,19)/t9-/m0/s1. The first kappa shape index (κ1) is 13.9. The highest BCUT2D eigenvalue weighted by molar-refractivity contribution is 5.88. The molecule has 2 N–H and O–H groups in total. The number of amides is 2. The van der Waals surface area contributed by atoms with Gasteiger partial charge in [-0.2, -0.15) is 0 Å². The predicted octanol–water partition coefficient (Wildman–Crippen LogP) is 1.56. The van der Waals surface area contributed by atoms with E-state index >= 15 is 0 Å². The minimum atomic E-state index is -0.512. The van der Waals surface area contributed by atoms with Gasteiger partial charge in [0.15, 0.2) is 0 Å². The topological polar surface area (TPSA) is 89.2 Å². The third-order valence-electron chi connectivity index (χ3n) is 2.78. The number of anilines is 1. The first-order valence-electron chi connectivity index (χ1n) is 6.13. The maximum atomic E-state index is 11.8. The molecule has 0 spiro atoms. The molecule has 0 aliphatic rings. The van der Waals surface area contributed by atoms with E-state index in [0.29, 0.717) is 5.76 Å². The molecule has 0 saturated heterocycles. The Kier molecular flexibility index (Phi) is 3.88. The highest BCUT2D eigenvalue weighted by Crippen LogP contribution is 2.15. The fraction of sp³-hybridized carbons (Fsp3) is 0.308. The molecule has 0 unspecified atom stereocenters. The van der Waals surface area contributed by atoms with E-state index in [4.69, 9.17) is 4.42 Å². The summed E-state index contributed by atoms with van der Waals surface area (Å²) in [5.41, 5.74) is -0.371. The second-order valence-corrected chi connectivity index (χ2v) is 4.46. The van der Waals surface area contributed by atoms with Crippen molar-refractivity contribution in [3.8, 4) is 0 Å². The number of hydrogen-bond donors (Lipinski definition) is 2. The fourth-order valence-corrected chi connectivity index (χ4v) is 1.68. The van der Waals surface area contributed by atoms with Crippen LogP contribution in [0, 0.1) is 6.92 Å². The van der Waals surface area contributed by atoms with Gasteiger partial charge in [0.25, 0.3) is 5.56 Å². The van der Waals surface area contributed by atoms with Crippen molar-refractivity contribution in [2.24, 2.45) is 7.05 Å². The van der Waals surface area contributed by atoms with Crippen LogP contribution >= 0.6 is 0 Å². The maximum absolute atomic E-state index is 11.8. The molecule has 7 heteroatoms. The van der Waals surface area contributed by atoms with Crippen molar-refractivity contribution in [2.75, 3.05) is 5.32 Å². The monoisotopic (exact) mass is 276 g/mol. The second kappa shape index (κ2) is 5.60. The van der Waals surface area contributed by atoms with Gasteiger partial charge in [0, 0.05) is 19.4 Å². The van der Waals surface area contributed by atoms with E-state index in [1.54, 1.807) is 20.0 Å². The molecular weight excluding hydrogens is 260 g/mol. The number of aryl methyl sites for hydroxylation is 2. The van der Waals surface area contributed by atoms with Crippen molar-refractivity contribution >= 4 is 11.8 Å². The van der Waals surface area contributed by atoms with Crippen LogP contribution in [0.15, 0.2) is 33.7 Å². The predicted molar refractivity (Wildman–Crippen MR) is 73.5 cm³/mol. The molecule has 20 heavy (non-hydrogen) atoms. The van der Waals surface area contributed by atoms with Crippen molar-refractivity contribution in [1.29, 1.82) is 0 Å². The van der Waals surface area contributed by atoms with Gasteiger partial charge in [0.2, 0.25) is 5.82 Å². The molecule has 106 valence electrons. The van der Waals surface area contributed by atoms with Gasteiger partial charge in [-0.3, -0.25) is 10.1 Å². The molecule has 0 aliphatic carbocycles. The molecule has 2 heterocycles. The van der Waals surface area contributed by atoms with E-state index < -0.39 is 6.03 Å². The van der Waals surface area contributed by atoms with Crippen LogP contribution in [0.25, 0.3) is 0 Å². The van der Waals surface area contributed by atoms with Crippen LogP contribution < -0.4 is 16.2 Å². The number of nitrogens with zero attached hydrogens (tertiary/aromatic N) is 2. The molecule has 2 aromatic heterocycles. The highest BCUT2D eigenvalue weighted by Gasteiger charge is 2.14. The van der Waals surface area contributed by atoms with Crippen LogP contribution in [0.1, 0.15) is 24.5 Å². The normalized spacial score (nSPS) is 11.9. The lowest BCUT2D eigenvalue weighted by atomic mass is 10.2. The summed E-state index contributed by atoms with van der Waals surface area (Å²) in [4.78, 5) is 27.4. The van der Waals surface area contributed by atoms with Gasteiger partial charge in [-0.1, -0.05) is 0 Å². The minimum absolute atomic E-state index is 0.0182. The molecule has 2 amide bonds. The van der Waals surface area contributed by atoms with E-state index in [-0.39, 0.29) is 17.4 Å². The van der Waals surface area contributed by atoms with E-state index in [9.17, 15) is 9.59 Å². The zero-order valence-electron chi connectivity index (χ0n) is 11.5. The van der Waals surface area contributed by atoms with Crippen LogP contribution in [0.2, 0.25) is 0 Å². The smallest absolute Gasteiger partial charge is 0.321 e. The number of hydrogen-bond acceptors (Lipinski definition) is 4. The van der Waals surface area contributed by atoms with Gasteiger partial charge in [-0.15, -0.1) is 0 Å². The summed E-state index contributed by atoms with van der Waals surface area (Å²) in [7, 11) is 1.58. The van der Waals surface area contributed by atoms with Gasteiger partial charge in [0.05, 0.1) is 6.04 Å². The van der Waals surface area contributed by atoms with Gasteiger partial charge < -0.3 is 14.3 Å². The van der Waals surface area contributed by atoms with Crippen LogP contribution in [-0.2, 0) is 7.05 Å². The second-order valence-electron chi connectivity index (χ2n) is 4.46. The Labute approximate surface area is 115 Å². The molecule has 0 bridgehead atoms. The summed E-state index contributed by atoms with van der Waals surface area (Å²) in [5.74, 6) is 1.40. The number of rotatable bonds is 3. The summed E-state index contributed by atoms with van der Waals surface area (Å²) in [6.07, 6.45) is 2.95. The third kappa shape index (κ3) is 3.05. The number of urea groups is 1. The van der Waals surface area contributed by atoms with Gasteiger partial charge in [-0.25, -0.2) is 9.78 Å². The Bertz CT molecular complexity index is 674. The summed E-state index contributed by atoms with van der Waals surface area (Å²) in [6.45, 7) is 3.61. The van der Waals surface area contributed by atoms with Crippen molar-refractivity contribution in [1.82, 2.24) is 14.9 Å². The van der Waals surface area contributed by atoms with Crippen LogP contribution in [0.4, 0.5) is 10.6 Å². The number of carbonyl (C=O) groups is 1. The molecule has 0 saturated carbocycles. The quantitative estimate of drug-likeness (QED) is 0.890. The Hall–Kier alpha value is -2.57. The van der Waals surface area contributed by atoms with E-state index in [1.165, 1.54) is 17.0 Å². The fourth-order valence-electron chi connectivity index (χ4n) is 1.68. The lowest BCUT2D eigenvalue weighted by Crippen LogP contribution is -2.34. The molecule has 0 fully saturated rings. The average Bonchev–Trinajstić information content (AvgIpc) is 2.82. The average molecular weight is 276 g/mol. The zero-order chi connectivity index (χ0) is 14.7. The van der Waals surface area contributed by atoms with E-state index in [1.807, 2.05) is 13.0 Å². The Balaban J connectivity index is 2.02. The minimum Gasteiger partial charge on any atom is -0.464 e. The maximum Gasteiger partial charge on any atom is 0.321 e. The summed E-state index contributed by atoms with van der Waals surface area (Å²) >= 11 is 0. The first-order valence-corrected chi connectivity index (χ1v) is 6.13. The van der Waals surface area contributed by atoms with Crippen molar-refractivity contribution in [3.63, 3.8) is 0 Å². The highest BCUT2D eigenvalue weighted by atomic mass is 16.3. The number of furan rings is 1. The van der Waals surface area contributed by atoms with Crippen molar-refractivity contribution < 1.29 is 9.21 Å². The lowest BCUT2D eigenvalue weighted by Gasteiger charge is -2.12. The Morgan fingerprint density at radius 3 is 2.85 bits per heavy atom. The molecule has 1 atom stereocenters. The van der Waals surface area contributed by atoms with Crippen molar-refractivity contribution in [3.05, 3.63) is 46.4 Å². The summed E-state index contributed by atoms with van der Waals surface area (Å²) in [6, 6.07) is 2.79. The number of nitrogens with one attached hydrogen (secondary N) is 2. The van der Waals surface area contributed by atoms with Gasteiger partial charge in [0.1, 0.15) is 11.5 Å². The Morgan fingerprint density at radius 1 is 1.45 bits per heavy atom. The molecule has 2 aromatic rings. The summed E-state index contributed by atoms with van der Waals surface area (Å²) < 4.78 is 6.75. The lowest BCUT2D eigenvalue weighted by molar-refractivity contribution is 0.247. The third-order valence-corrected chi connectivity index (χ3v) is 2.78. The largest absolute Gasteiger partial charge is 0.464 e. The number of carbonyl (C=O) groups excluding carboxylic acids is 1. The van der Waals surface area contributed by atoms with Crippen LogP contribution in [0.5, 0.6) is 0 Å². The molecule has 0 radical (unpaired) electrons. The SMILES string of the molecule is Cc1ccc([C@H](C)NC(=O)Nc2nccn(C)c2=O)o1. The van der Waals surface area contributed by atoms with Gasteiger partial charge >= 0.3 is 6.03 Å².